The number of amides is 10. The Balaban J connectivity index is 1.02. The highest BCUT2D eigenvalue weighted by atomic mass is 16.6. The van der Waals surface area contributed by atoms with Crippen molar-refractivity contribution in [3.8, 4) is 11.5 Å². The van der Waals surface area contributed by atoms with Gasteiger partial charge in [-0.2, -0.15) is 0 Å². The van der Waals surface area contributed by atoms with Gasteiger partial charge in [0.15, 0.2) is 6.04 Å². The summed E-state index contributed by atoms with van der Waals surface area (Å²) in [5.74, 6) is -7.41. The van der Waals surface area contributed by atoms with Gasteiger partial charge in [0, 0.05) is 58.9 Å². The molecule has 1 unspecified atom stereocenters. The minimum absolute atomic E-state index is 0.0994. The molecule has 658 valence electrons. The Morgan fingerprint density at radius 2 is 1.02 bits per heavy atom. The zero-order chi connectivity index (χ0) is 89.9. The Kier molecular flexibility index (Phi) is 29.2. The molecule has 9 N–H and O–H groups in total. The van der Waals surface area contributed by atoms with Crippen LogP contribution < -0.4 is 52.4 Å². The van der Waals surface area contributed by atoms with Crippen LogP contribution in [0.3, 0.4) is 0 Å². The molecule has 7 aromatic rings. The third-order valence-electron chi connectivity index (χ3n) is 21.7. The van der Waals surface area contributed by atoms with E-state index in [4.69, 9.17) is 34.2 Å². The number of carbonyl (C=O) groups is 12. The predicted octanol–water partition coefficient (Wildman–Crippen LogP) is 7.27. The second kappa shape index (κ2) is 38.9. The number of carbonyl (C=O) groups excluding carboxylic acids is 12. The largest absolute Gasteiger partial charge is 0.487 e. The number of ether oxygens (including phenoxy) is 6. The van der Waals surface area contributed by atoms with Crippen molar-refractivity contribution in [2.24, 2.45) is 16.6 Å². The summed E-state index contributed by atoms with van der Waals surface area (Å²) in [5.41, 5.74) is 5.04. The van der Waals surface area contributed by atoms with Gasteiger partial charge in [0.05, 0.1) is 32.7 Å². The van der Waals surface area contributed by atoms with E-state index < -0.39 is 166 Å². The highest BCUT2D eigenvalue weighted by Crippen LogP contribution is 2.34. The van der Waals surface area contributed by atoms with Crippen LogP contribution in [0.25, 0.3) is 21.5 Å². The fraction of sp³-hybridized carbons (Fsp3) is 0.467. The second-order valence-corrected chi connectivity index (χ2v) is 35.6. The van der Waals surface area contributed by atoms with Gasteiger partial charge in [-0.05, 0) is 141 Å². The molecule has 6 aliphatic heterocycles. The molecular formula is C90H115N15O18. The first-order valence-electron chi connectivity index (χ1n) is 40.9. The summed E-state index contributed by atoms with van der Waals surface area (Å²) >= 11 is 0. The highest BCUT2D eigenvalue weighted by molar-refractivity contribution is 5.99. The van der Waals surface area contributed by atoms with Crippen molar-refractivity contribution in [1.82, 2.24) is 71.8 Å². The topological polar surface area (TPSA) is 414 Å². The SMILES string of the molecule is COC(=O)[C@@H]1Cc2ccc(cc2)OCc2cn(nn2)[C@H]2C[C@@H](C(=O)N[C@@H](Cc3ccc4ccccc4c3)C(=O)N[C@H](C(=O)OC)c3ccc(cc3)O/C(N)=C/N[C@H]3C[C@@H](C(=O)NC(Cc4ccc5ccccc5c4)C(=O)N1)N(C(=O)[C@@H](NC(=O)[C@H](C)N(C)C(=O)OC(C)(C)C)C(C)(C)C)C3)N(C(=O)[C@@H](NC(=O)[C@H](C)N(C)C(=O)OC(C)(C)C)C(C)(C)C)C2. The fourth-order valence-corrected chi connectivity index (χ4v) is 14.6. The Morgan fingerprint density at radius 1 is 0.561 bits per heavy atom. The molecule has 0 saturated carbocycles. The number of nitrogens with two attached hydrogens (primary N) is 1. The van der Waals surface area contributed by atoms with Crippen molar-refractivity contribution in [2.45, 2.75) is 219 Å². The molecule has 6 aromatic carbocycles. The van der Waals surface area contributed by atoms with E-state index in [1.807, 2.05) is 78.9 Å². The van der Waals surface area contributed by atoms with Crippen LogP contribution in [0.1, 0.15) is 150 Å². The summed E-state index contributed by atoms with van der Waals surface area (Å²) in [6, 6.07) is 23.9. The molecule has 12 atom stereocenters. The quantitative estimate of drug-likeness (QED) is 0.0392. The lowest BCUT2D eigenvalue weighted by molar-refractivity contribution is -0.146. The molecule has 0 aliphatic carbocycles. The number of rotatable bonds is 14. The molecule has 33 heteroatoms. The molecule has 2 fully saturated rings. The van der Waals surface area contributed by atoms with Gasteiger partial charge in [0.25, 0.3) is 0 Å². The minimum Gasteiger partial charge on any atom is -0.487 e. The smallest absolute Gasteiger partial charge is 0.410 e. The first-order valence-corrected chi connectivity index (χ1v) is 40.9. The van der Waals surface area contributed by atoms with Gasteiger partial charge >= 0.3 is 24.1 Å². The summed E-state index contributed by atoms with van der Waals surface area (Å²) in [6.07, 6.45) is 0.773. The van der Waals surface area contributed by atoms with Crippen LogP contribution >= 0.6 is 0 Å². The van der Waals surface area contributed by atoms with Gasteiger partial charge in [-0.3, -0.25) is 48.2 Å². The number of hydrogen-bond acceptors (Lipinski definition) is 22. The third kappa shape index (κ3) is 24.1. The van der Waals surface area contributed by atoms with Crippen molar-refractivity contribution >= 4 is 92.9 Å². The van der Waals surface area contributed by atoms with E-state index in [0.29, 0.717) is 28.1 Å². The summed E-state index contributed by atoms with van der Waals surface area (Å²) in [6.45, 7) is 22.9. The molecule has 2 saturated heterocycles. The number of likely N-dealkylation sites (N-methyl/N-ethyl adjacent to an activating group) is 2. The Labute approximate surface area is 715 Å². The summed E-state index contributed by atoms with van der Waals surface area (Å²) in [7, 11) is 5.11. The average molecular weight is 1690 g/mol. The number of likely N-dealkylation sites (tertiary alicyclic amines) is 2. The molecule has 10 amide bonds. The summed E-state index contributed by atoms with van der Waals surface area (Å²) in [5, 5.41) is 32.8. The highest BCUT2D eigenvalue weighted by Gasteiger charge is 2.50. The van der Waals surface area contributed by atoms with E-state index in [9.17, 15) is 28.8 Å². The van der Waals surface area contributed by atoms with Gasteiger partial charge in [0.2, 0.25) is 53.1 Å². The van der Waals surface area contributed by atoms with Crippen LogP contribution in [-0.4, -0.2) is 219 Å². The minimum atomic E-state index is -1.52. The van der Waals surface area contributed by atoms with Crippen molar-refractivity contribution < 1.29 is 86.0 Å². The van der Waals surface area contributed by atoms with Gasteiger partial charge in [-0.1, -0.05) is 156 Å². The van der Waals surface area contributed by atoms with Crippen LogP contribution in [0.2, 0.25) is 0 Å². The lowest BCUT2D eigenvalue weighted by atomic mass is 9.85. The van der Waals surface area contributed by atoms with Crippen molar-refractivity contribution in [1.29, 1.82) is 0 Å². The Bertz CT molecular complexity index is 5080. The first-order chi connectivity index (χ1) is 57.8. The van der Waals surface area contributed by atoms with Gasteiger partial charge < -0.3 is 81.2 Å². The number of nitrogens with one attached hydrogen (secondary N) is 7. The maximum atomic E-state index is 15.6. The van der Waals surface area contributed by atoms with E-state index in [-0.39, 0.29) is 69.0 Å². The number of aromatic nitrogens is 3. The van der Waals surface area contributed by atoms with Gasteiger partial charge in [0.1, 0.15) is 89.4 Å². The van der Waals surface area contributed by atoms with E-state index in [1.54, 1.807) is 120 Å². The fourth-order valence-electron chi connectivity index (χ4n) is 14.6. The van der Waals surface area contributed by atoms with Gasteiger partial charge in [-0.25, -0.2) is 23.9 Å². The number of methoxy groups -OCH3 is 2. The normalized spacial score (nSPS) is 21.1. The molecule has 6 aliphatic rings. The zero-order valence-electron chi connectivity index (χ0n) is 73.0. The number of esters is 2. The second-order valence-electron chi connectivity index (χ2n) is 35.6. The Hall–Kier alpha value is -12.8. The molecule has 7 heterocycles. The summed E-state index contributed by atoms with van der Waals surface area (Å²) < 4.78 is 35.5. The van der Waals surface area contributed by atoms with Gasteiger partial charge in [-0.15, -0.1) is 5.10 Å². The van der Waals surface area contributed by atoms with E-state index in [1.165, 1.54) is 80.0 Å². The number of benzene rings is 6. The Morgan fingerprint density at radius 3 is 1.50 bits per heavy atom. The molecule has 1 aromatic heterocycles. The lowest BCUT2D eigenvalue weighted by Gasteiger charge is -2.37. The number of fused-ring (bicyclic) bond motifs is 2. The van der Waals surface area contributed by atoms with Crippen LogP contribution in [0, 0.1) is 10.8 Å². The standard InChI is InChI=1S/C90H115N15O18/c1-51(101(15)85(116)122-89(9,10)11)75(106)97-73(87(3,4)5)81(112)103-47-61-44-69(103)79(110)93-66(42-54-27-31-56-23-19-21-25-59(56)39-54)77(108)95-68(83(114)118-17)41-53-29-35-64(36-30-53)120-50-62-48-105(100-99-62)63-45-70(104(49-63)82(113)74(88(6,7)8)98-76(107)52(2)102(16)86(117)123-90(12,13)14)80(111)94-67(43-55-28-32-57-24-20-22-26-60(57)40-55)78(109)96-72(84(115)119-18)58-33-37-65(38-34-58)121-71(91)46-92-61/h19-40,46,48,51-52,61,63,66-70,72-74,92H,41-45,47,49-50,91H2,1-18H3,(H,93,110)(H,94,111)(H,95,108)(H,96,109)(H,97,106)(H,98,107)/b71-46+/t51-,52-,61-,63-,66?,67-,68-,69-,70-,72-,73+,74+/m0/s1. The molecule has 0 radical (unpaired) electrons. The summed E-state index contributed by atoms with van der Waals surface area (Å²) in [4.78, 5) is 181. The molecule has 0 spiro atoms. The molecule has 33 nitrogen and oxygen atoms in total. The van der Waals surface area contributed by atoms with E-state index >= 15 is 28.8 Å². The molecular weight excluding hydrogens is 1580 g/mol. The number of nitrogens with zero attached hydrogens (tertiary/aromatic N) is 7. The number of hydrogen-bond donors (Lipinski definition) is 8. The van der Waals surface area contributed by atoms with Crippen LogP contribution in [0.4, 0.5) is 9.59 Å². The van der Waals surface area contributed by atoms with E-state index in [2.05, 4.69) is 47.5 Å². The van der Waals surface area contributed by atoms with Crippen molar-refractivity contribution in [2.75, 3.05) is 41.4 Å². The molecule has 123 heavy (non-hydrogen) atoms. The van der Waals surface area contributed by atoms with E-state index in [0.717, 1.165) is 38.5 Å². The van der Waals surface area contributed by atoms with Crippen molar-refractivity contribution in [3.63, 3.8) is 0 Å². The maximum absolute atomic E-state index is 15.6. The molecule has 13 rings (SSSR count). The van der Waals surface area contributed by atoms with Crippen LogP contribution in [-0.2, 0) is 92.8 Å². The third-order valence-corrected chi connectivity index (χ3v) is 21.7. The molecule has 10 bridgehead atoms. The first kappa shape index (κ1) is 92.4. The lowest BCUT2D eigenvalue weighted by Crippen LogP contribution is -2.61. The monoisotopic (exact) mass is 1690 g/mol. The van der Waals surface area contributed by atoms with Crippen LogP contribution in [0.15, 0.2) is 152 Å². The maximum Gasteiger partial charge on any atom is 0.410 e. The van der Waals surface area contributed by atoms with Crippen LogP contribution in [0.5, 0.6) is 11.5 Å². The predicted molar refractivity (Wildman–Crippen MR) is 456 cm³/mol. The zero-order valence-corrected chi connectivity index (χ0v) is 73.0. The average Bonchev–Trinajstić information content (AvgIpc) is 1.66. The van der Waals surface area contributed by atoms with Crippen molar-refractivity contribution in [3.05, 3.63) is 180 Å².